The van der Waals surface area contributed by atoms with Crippen molar-refractivity contribution in [3.63, 3.8) is 0 Å². The molecule has 1 amide bonds. The second-order valence-corrected chi connectivity index (χ2v) is 2.99. The average molecular weight is 238 g/mol. The van der Waals surface area contributed by atoms with Gasteiger partial charge in [-0.2, -0.15) is 5.10 Å². The van der Waals surface area contributed by atoms with Gasteiger partial charge in [-0.3, -0.25) is 0 Å². The molecule has 92 valence electrons. The molecule has 6 nitrogen and oxygen atoms in total. The number of phenolic OH excluding ortho intramolecular Hbond substituents is 1. The van der Waals surface area contributed by atoms with Crippen molar-refractivity contribution in [2.24, 2.45) is 5.10 Å². The van der Waals surface area contributed by atoms with Crippen LogP contribution in [-0.4, -0.2) is 31.1 Å². The molecule has 0 aromatic heterocycles. The maximum Gasteiger partial charge on any atom is 0.427 e. The number of nitrogens with zero attached hydrogens (tertiary/aromatic N) is 1. The van der Waals surface area contributed by atoms with Gasteiger partial charge in [0.15, 0.2) is 11.5 Å². The van der Waals surface area contributed by atoms with Crippen molar-refractivity contribution in [1.82, 2.24) is 5.43 Å². The molecule has 0 aliphatic rings. The summed E-state index contributed by atoms with van der Waals surface area (Å²) in [4.78, 5) is 10.7. The zero-order valence-corrected chi connectivity index (χ0v) is 9.64. The molecule has 1 aromatic rings. The molecule has 2 N–H and O–H groups in total. The molecule has 1 rings (SSSR count). The summed E-state index contributed by atoms with van der Waals surface area (Å²) >= 11 is 0. The molecule has 0 saturated heterocycles. The van der Waals surface area contributed by atoms with E-state index in [9.17, 15) is 9.90 Å². The highest BCUT2D eigenvalue weighted by molar-refractivity contribution is 5.85. The first-order chi connectivity index (χ1) is 8.19. The SMILES string of the molecule is CCOc1cccc(C=NNC(=O)OC)c1O. The molecular formula is C11H14N2O4. The zero-order chi connectivity index (χ0) is 12.7. The first-order valence-corrected chi connectivity index (χ1v) is 5.00. The molecule has 0 saturated carbocycles. The highest BCUT2D eigenvalue weighted by atomic mass is 16.5. The van der Waals surface area contributed by atoms with Crippen LogP contribution in [0.4, 0.5) is 4.79 Å². The lowest BCUT2D eigenvalue weighted by Gasteiger charge is -2.06. The monoisotopic (exact) mass is 238 g/mol. The highest BCUT2D eigenvalue weighted by Crippen LogP contribution is 2.28. The Bertz CT molecular complexity index is 418. The van der Waals surface area contributed by atoms with Crippen molar-refractivity contribution in [3.8, 4) is 11.5 Å². The van der Waals surface area contributed by atoms with E-state index in [1.54, 1.807) is 18.2 Å². The van der Waals surface area contributed by atoms with E-state index < -0.39 is 6.09 Å². The fourth-order valence-electron chi connectivity index (χ4n) is 1.12. The minimum Gasteiger partial charge on any atom is -0.504 e. The molecular weight excluding hydrogens is 224 g/mol. The molecule has 0 spiro atoms. The van der Waals surface area contributed by atoms with Crippen molar-refractivity contribution in [3.05, 3.63) is 23.8 Å². The van der Waals surface area contributed by atoms with Gasteiger partial charge < -0.3 is 14.6 Å². The summed E-state index contributed by atoms with van der Waals surface area (Å²) in [5.74, 6) is 0.347. The summed E-state index contributed by atoms with van der Waals surface area (Å²) in [6, 6.07) is 4.99. The van der Waals surface area contributed by atoms with Crippen LogP contribution in [0.2, 0.25) is 0 Å². The first-order valence-electron chi connectivity index (χ1n) is 5.00. The lowest BCUT2D eigenvalue weighted by Crippen LogP contribution is -2.16. The summed E-state index contributed by atoms with van der Waals surface area (Å²) < 4.78 is 9.53. The summed E-state index contributed by atoms with van der Waals surface area (Å²) in [6.45, 7) is 2.27. The van der Waals surface area contributed by atoms with Crippen LogP contribution in [0.1, 0.15) is 12.5 Å². The number of carbonyl (C=O) groups is 1. The largest absolute Gasteiger partial charge is 0.504 e. The Morgan fingerprint density at radius 1 is 1.59 bits per heavy atom. The van der Waals surface area contributed by atoms with Crippen molar-refractivity contribution in [2.75, 3.05) is 13.7 Å². The number of aromatic hydroxyl groups is 1. The Kier molecular flexibility index (Phi) is 4.80. The molecule has 0 fully saturated rings. The molecule has 6 heteroatoms. The van der Waals surface area contributed by atoms with Crippen LogP contribution in [0.3, 0.4) is 0 Å². The first kappa shape index (κ1) is 12.8. The highest BCUT2D eigenvalue weighted by Gasteiger charge is 2.05. The number of hydrogen-bond acceptors (Lipinski definition) is 5. The number of hydrazone groups is 1. The second kappa shape index (κ2) is 6.37. The minimum atomic E-state index is -0.679. The summed E-state index contributed by atoms with van der Waals surface area (Å²) in [5.41, 5.74) is 2.55. The van der Waals surface area contributed by atoms with Crippen LogP contribution in [0.15, 0.2) is 23.3 Å². The van der Waals surface area contributed by atoms with Crippen LogP contribution < -0.4 is 10.2 Å². The van der Waals surface area contributed by atoms with E-state index >= 15 is 0 Å². The van der Waals surface area contributed by atoms with Gasteiger partial charge in [0.25, 0.3) is 0 Å². The summed E-state index contributed by atoms with van der Waals surface area (Å²) in [6.07, 6.45) is 0.621. The van der Waals surface area contributed by atoms with E-state index in [2.05, 4.69) is 15.3 Å². The number of carbonyl (C=O) groups excluding carboxylic acids is 1. The number of benzene rings is 1. The third-order valence-corrected chi connectivity index (χ3v) is 1.87. The fourth-order valence-corrected chi connectivity index (χ4v) is 1.12. The Morgan fingerprint density at radius 2 is 2.35 bits per heavy atom. The van der Waals surface area contributed by atoms with Crippen molar-refractivity contribution < 1.29 is 19.4 Å². The quantitative estimate of drug-likeness (QED) is 0.615. The van der Waals surface area contributed by atoms with Crippen molar-refractivity contribution in [2.45, 2.75) is 6.92 Å². The smallest absolute Gasteiger partial charge is 0.427 e. The molecule has 0 bridgehead atoms. The topological polar surface area (TPSA) is 80.2 Å². The number of methoxy groups -OCH3 is 1. The van der Waals surface area contributed by atoms with Gasteiger partial charge in [0.1, 0.15) is 0 Å². The van der Waals surface area contributed by atoms with Gasteiger partial charge in [-0.25, -0.2) is 10.2 Å². The van der Waals surface area contributed by atoms with E-state index in [0.29, 0.717) is 17.9 Å². The summed E-state index contributed by atoms with van der Waals surface area (Å²) in [5, 5.41) is 13.4. The molecule has 1 aromatic carbocycles. The number of rotatable bonds is 4. The number of phenols is 1. The summed E-state index contributed by atoms with van der Waals surface area (Å²) in [7, 11) is 1.23. The van der Waals surface area contributed by atoms with E-state index in [0.717, 1.165) is 0 Å². The number of hydrogen-bond donors (Lipinski definition) is 2. The number of ether oxygens (including phenoxy) is 2. The van der Waals surface area contributed by atoms with Gasteiger partial charge in [-0.05, 0) is 19.1 Å². The molecule has 0 aliphatic carbocycles. The maximum absolute atomic E-state index is 10.7. The lowest BCUT2D eigenvalue weighted by molar-refractivity contribution is 0.171. The van der Waals surface area contributed by atoms with Crippen molar-refractivity contribution >= 4 is 12.3 Å². The van der Waals surface area contributed by atoms with Crippen LogP contribution in [0.25, 0.3) is 0 Å². The predicted octanol–water partition coefficient (Wildman–Crippen LogP) is 1.48. The Labute approximate surface area is 98.9 Å². The van der Waals surface area contributed by atoms with E-state index in [4.69, 9.17) is 4.74 Å². The Balaban J connectivity index is 2.77. The maximum atomic E-state index is 10.7. The average Bonchev–Trinajstić information content (AvgIpc) is 2.33. The van der Waals surface area contributed by atoms with E-state index in [1.807, 2.05) is 6.92 Å². The normalized spacial score (nSPS) is 10.2. The van der Waals surface area contributed by atoms with Crippen LogP contribution >= 0.6 is 0 Å². The van der Waals surface area contributed by atoms with Crippen molar-refractivity contribution in [1.29, 1.82) is 0 Å². The number of para-hydroxylation sites is 1. The molecule has 0 atom stereocenters. The lowest BCUT2D eigenvalue weighted by atomic mass is 10.2. The fraction of sp³-hybridized carbons (Fsp3) is 0.273. The Morgan fingerprint density at radius 3 is 3.00 bits per heavy atom. The van der Waals surface area contributed by atoms with E-state index in [-0.39, 0.29) is 5.75 Å². The number of nitrogens with one attached hydrogen (secondary N) is 1. The van der Waals surface area contributed by atoms with Gasteiger partial charge in [0, 0.05) is 5.56 Å². The molecule has 0 heterocycles. The second-order valence-electron chi connectivity index (χ2n) is 2.99. The van der Waals surface area contributed by atoms with Gasteiger partial charge >= 0.3 is 6.09 Å². The van der Waals surface area contributed by atoms with Gasteiger partial charge in [-0.15, -0.1) is 0 Å². The van der Waals surface area contributed by atoms with E-state index in [1.165, 1.54) is 13.3 Å². The minimum absolute atomic E-state index is 0.0234. The number of amides is 1. The van der Waals surface area contributed by atoms with Gasteiger partial charge in [0.05, 0.1) is 19.9 Å². The molecule has 17 heavy (non-hydrogen) atoms. The van der Waals surface area contributed by atoms with Crippen LogP contribution in [-0.2, 0) is 4.74 Å². The molecule has 0 radical (unpaired) electrons. The van der Waals surface area contributed by atoms with Crippen LogP contribution in [0.5, 0.6) is 11.5 Å². The standard InChI is InChI=1S/C11H14N2O4/c1-3-17-9-6-4-5-8(10(9)14)7-12-13-11(15)16-2/h4-7,14H,3H2,1-2H3,(H,13,15). The Hall–Kier alpha value is -2.24. The third kappa shape index (κ3) is 3.67. The molecule has 0 unspecified atom stereocenters. The molecule has 0 aliphatic heterocycles. The van der Waals surface area contributed by atoms with Crippen LogP contribution in [0, 0.1) is 0 Å². The predicted molar refractivity (Wildman–Crippen MR) is 62.4 cm³/mol. The van der Waals surface area contributed by atoms with Gasteiger partial charge in [-0.1, -0.05) is 6.07 Å². The van der Waals surface area contributed by atoms with Gasteiger partial charge in [0.2, 0.25) is 0 Å². The third-order valence-electron chi connectivity index (χ3n) is 1.87. The zero-order valence-electron chi connectivity index (χ0n) is 9.64.